The van der Waals surface area contributed by atoms with Crippen molar-refractivity contribution in [1.82, 2.24) is 4.98 Å². The van der Waals surface area contributed by atoms with E-state index in [2.05, 4.69) is 38.0 Å². The minimum absolute atomic E-state index is 0.133. The largest absolute Gasteiger partial charge is 0.367 e. The molecule has 1 heterocycles. The standard InChI is InChI=1S/C12H16ClN3/c1-8(12(2,3)4)15-11-6-5-9(13)10(7-14)16-11/h5-6,8H,1-4H3,(H,15,16). The average molecular weight is 238 g/mol. The van der Waals surface area contributed by atoms with Crippen LogP contribution in [-0.2, 0) is 0 Å². The van der Waals surface area contributed by atoms with Crippen LogP contribution in [0.25, 0.3) is 0 Å². The molecule has 0 aliphatic rings. The van der Waals surface area contributed by atoms with Crippen LogP contribution in [0.3, 0.4) is 0 Å². The summed E-state index contributed by atoms with van der Waals surface area (Å²) in [5.74, 6) is 0.684. The number of halogens is 1. The van der Waals surface area contributed by atoms with Gasteiger partial charge in [0, 0.05) is 6.04 Å². The van der Waals surface area contributed by atoms with Crippen molar-refractivity contribution < 1.29 is 0 Å². The summed E-state index contributed by atoms with van der Waals surface area (Å²) in [5, 5.41) is 12.5. The van der Waals surface area contributed by atoms with Gasteiger partial charge in [-0.25, -0.2) is 4.98 Å². The van der Waals surface area contributed by atoms with Crippen LogP contribution in [0.1, 0.15) is 33.4 Å². The molecule has 0 saturated heterocycles. The molecule has 1 atom stereocenters. The fourth-order valence-electron chi connectivity index (χ4n) is 1.04. The maximum atomic E-state index is 8.81. The summed E-state index contributed by atoms with van der Waals surface area (Å²) in [6.07, 6.45) is 0. The Labute approximate surface area is 101 Å². The second kappa shape index (κ2) is 4.71. The van der Waals surface area contributed by atoms with Crippen LogP contribution in [0, 0.1) is 16.7 Å². The van der Waals surface area contributed by atoms with Crippen molar-refractivity contribution in [3.63, 3.8) is 0 Å². The van der Waals surface area contributed by atoms with Crippen LogP contribution in [0.15, 0.2) is 12.1 Å². The van der Waals surface area contributed by atoms with Crippen molar-refractivity contribution in [2.24, 2.45) is 5.41 Å². The van der Waals surface area contributed by atoms with Gasteiger partial charge in [0.2, 0.25) is 0 Å². The number of nitrogens with one attached hydrogen (secondary N) is 1. The SMILES string of the molecule is CC(Nc1ccc(Cl)c(C#N)n1)C(C)(C)C. The molecule has 0 aliphatic carbocycles. The van der Waals surface area contributed by atoms with E-state index in [1.165, 1.54) is 0 Å². The summed E-state index contributed by atoms with van der Waals surface area (Å²) in [4.78, 5) is 4.14. The van der Waals surface area contributed by atoms with Gasteiger partial charge in [-0.15, -0.1) is 0 Å². The normalized spacial score (nSPS) is 13.0. The number of nitriles is 1. The third-order valence-corrected chi connectivity index (χ3v) is 2.92. The predicted molar refractivity (Wildman–Crippen MR) is 66.5 cm³/mol. The number of rotatable bonds is 2. The van der Waals surface area contributed by atoms with Gasteiger partial charge in [-0.2, -0.15) is 5.26 Å². The lowest BCUT2D eigenvalue weighted by molar-refractivity contribution is 0.359. The molecule has 0 aromatic carbocycles. The second-order valence-electron chi connectivity index (χ2n) is 4.87. The van der Waals surface area contributed by atoms with E-state index in [1.54, 1.807) is 12.1 Å². The fourth-order valence-corrected chi connectivity index (χ4v) is 1.19. The average Bonchev–Trinajstić information content (AvgIpc) is 2.19. The first-order chi connectivity index (χ1) is 7.34. The van der Waals surface area contributed by atoms with Crippen molar-refractivity contribution in [2.75, 3.05) is 5.32 Å². The molecule has 0 aliphatic heterocycles. The van der Waals surface area contributed by atoms with E-state index >= 15 is 0 Å². The van der Waals surface area contributed by atoms with Gasteiger partial charge in [0.25, 0.3) is 0 Å². The van der Waals surface area contributed by atoms with Gasteiger partial charge in [0.15, 0.2) is 5.69 Å². The Kier molecular flexibility index (Phi) is 3.77. The first kappa shape index (κ1) is 12.8. The van der Waals surface area contributed by atoms with E-state index in [1.807, 2.05) is 6.07 Å². The van der Waals surface area contributed by atoms with Crippen LogP contribution < -0.4 is 5.32 Å². The van der Waals surface area contributed by atoms with Crippen LogP contribution >= 0.6 is 11.6 Å². The molecular weight excluding hydrogens is 222 g/mol. The van der Waals surface area contributed by atoms with Crippen LogP contribution in [0.5, 0.6) is 0 Å². The van der Waals surface area contributed by atoms with E-state index in [4.69, 9.17) is 16.9 Å². The zero-order chi connectivity index (χ0) is 12.3. The van der Waals surface area contributed by atoms with Crippen molar-refractivity contribution in [1.29, 1.82) is 5.26 Å². The fraction of sp³-hybridized carbons (Fsp3) is 0.500. The topological polar surface area (TPSA) is 48.7 Å². The number of hydrogen-bond donors (Lipinski definition) is 1. The molecule has 1 rings (SSSR count). The lowest BCUT2D eigenvalue weighted by Gasteiger charge is -2.28. The molecule has 0 saturated carbocycles. The Hall–Kier alpha value is -1.27. The predicted octanol–water partition coefficient (Wildman–Crippen LogP) is 3.45. The minimum atomic E-state index is 0.133. The number of hydrogen-bond acceptors (Lipinski definition) is 3. The first-order valence-corrected chi connectivity index (χ1v) is 5.55. The highest BCUT2D eigenvalue weighted by Crippen LogP contribution is 2.23. The zero-order valence-electron chi connectivity index (χ0n) is 10.0. The van der Waals surface area contributed by atoms with Crippen molar-refractivity contribution in [3.05, 3.63) is 22.8 Å². The van der Waals surface area contributed by atoms with Crippen LogP contribution in [-0.4, -0.2) is 11.0 Å². The molecule has 0 spiro atoms. The summed E-state index contributed by atoms with van der Waals surface area (Å²) in [6, 6.07) is 5.69. The van der Waals surface area contributed by atoms with E-state index in [0.29, 0.717) is 10.8 Å². The number of anilines is 1. The molecule has 4 heteroatoms. The molecule has 3 nitrogen and oxygen atoms in total. The molecule has 1 aromatic rings. The van der Waals surface area contributed by atoms with Gasteiger partial charge in [-0.3, -0.25) is 0 Å². The third-order valence-electron chi connectivity index (χ3n) is 2.62. The third kappa shape index (κ3) is 3.11. The minimum Gasteiger partial charge on any atom is -0.367 e. The van der Waals surface area contributed by atoms with Gasteiger partial charge >= 0.3 is 0 Å². The van der Waals surface area contributed by atoms with E-state index in [9.17, 15) is 0 Å². The molecular formula is C12H16ClN3. The lowest BCUT2D eigenvalue weighted by Crippen LogP contribution is -2.31. The highest BCUT2D eigenvalue weighted by Gasteiger charge is 2.20. The second-order valence-corrected chi connectivity index (χ2v) is 5.28. The Morgan fingerprint density at radius 2 is 2.06 bits per heavy atom. The summed E-state index contributed by atoms with van der Waals surface area (Å²) in [6.45, 7) is 8.52. The van der Waals surface area contributed by atoms with Crippen molar-refractivity contribution in [2.45, 2.75) is 33.7 Å². The molecule has 0 bridgehead atoms. The van der Waals surface area contributed by atoms with Gasteiger partial charge in [-0.1, -0.05) is 32.4 Å². The number of pyridine rings is 1. The smallest absolute Gasteiger partial charge is 0.161 e. The zero-order valence-corrected chi connectivity index (χ0v) is 10.8. The maximum absolute atomic E-state index is 8.81. The Bertz CT molecular complexity index is 415. The van der Waals surface area contributed by atoms with Crippen LogP contribution in [0.2, 0.25) is 5.02 Å². The highest BCUT2D eigenvalue weighted by atomic mass is 35.5. The first-order valence-electron chi connectivity index (χ1n) is 5.18. The molecule has 1 N–H and O–H groups in total. The molecule has 0 fully saturated rings. The van der Waals surface area contributed by atoms with Crippen molar-refractivity contribution >= 4 is 17.4 Å². The highest BCUT2D eigenvalue weighted by molar-refractivity contribution is 6.31. The number of nitrogens with zero attached hydrogens (tertiary/aromatic N) is 2. The Morgan fingerprint density at radius 1 is 1.44 bits per heavy atom. The summed E-state index contributed by atoms with van der Waals surface area (Å²) in [7, 11) is 0. The summed E-state index contributed by atoms with van der Waals surface area (Å²) in [5.41, 5.74) is 0.390. The van der Waals surface area contributed by atoms with E-state index < -0.39 is 0 Å². The van der Waals surface area contributed by atoms with Crippen LogP contribution in [0.4, 0.5) is 5.82 Å². The Morgan fingerprint density at radius 3 is 2.56 bits per heavy atom. The van der Waals surface area contributed by atoms with Gasteiger partial charge < -0.3 is 5.32 Å². The quantitative estimate of drug-likeness (QED) is 0.857. The summed E-state index contributed by atoms with van der Waals surface area (Å²) >= 11 is 5.81. The van der Waals surface area contributed by atoms with Crippen molar-refractivity contribution in [3.8, 4) is 6.07 Å². The molecule has 16 heavy (non-hydrogen) atoms. The number of aromatic nitrogens is 1. The lowest BCUT2D eigenvalue weighted by atomic mass is 9.88. The monoisotopic (exact) mass is 237 g/mol. The van der Waals surface area contributed by atoms with Gasteiger partial charge in [-0.05, 0) is 24.5 Å². The Balaban J connectivity index is 2.88. The molecule has 0 amide bonds. The molecule has 86 valence electrons. The maximum Gasteiger partial charge on any atom is 0.161 e. The molecule has 1 unspecified atom stereocenters. The molecule has 1 aromatic heterocycles. The molecule has 0 radical (unpaired) electrons. The van der Waals surface area contributed by atoms with Gasteiger partial charge in [0.1, 0.15) is 11.9 Å². The van der Waals surface area contributed by atoms with E-state index in [-0.39, 0.29) is 17.2 Å². The summed E-state index contributed by atoms with van der Waals surface area (Å²) < 4.78 is 0. The van der Waals surface area contributed by atoms with Gasteiger partial charge in [0.05, 0.1) is 5.02 Å². The van der Waals surface area contributed by atoms with E-state index in [0.717, 1.165) is 0 Å².